The maximum atomic E-state index is 13.1. The Balaban J connectivity index is 2.51. The topological polar surface area (TPSA) is 52.5 Å². The van der Waals surface area contributed by atoms with E-state index < -0.39 is 36.7 Å². The van der Waals surface area contributed by atoms with E-state index in [1.54, 1.807) is 24.3 Å². The van der Waals surface area contributed by atoms with Crippen molar-refractivity contribution in [1.82, 2.24) is 0 Å². The molecule has 2 rings (SSSR count). The van der Waals surface area contributed by atoms with Gasteiger partial charge in [-0.25, -0.2) is 0 Å². The molecule has 4 nitrogen and oxygen atoms in total. The second-order valence-electron chi connectivity index (χ2n) is 5.91. The third-order valence-corrected chi connectivity index (χ3v) is 4.33. The first-order valence-corrected chi connectivity index (χ1v) is 7.30. The first-order chi connectivity index (χ1) is 12.3. The summed E-state index contributed by atoms with van der Waals surface area (Å²) in [6, 6.07) is 6.61. The monoisotopic (exact) mass is 299 g/mol. The number of hydrogen-bond acceptors (Lipinski definition) is 3. The van der Waals surface area contributed by atoms with E-state index >= 15 is 0 Å². The summed E-state index contributed by atoms with van der Waals surface area (Å²) in [4.78, 5) is 0. The minimum Gasteiger partial charge on any atom is -0.633 e. The van der Waals surface area contributed by atoms with Crippen LogP contribution in [0.15, 0.2) is 24.3 Å². The summed E-state index contributed by atoms with van der Waals surface area (Å²) in [5, 5.41) is 24.4. The number of hydrogen-bond donors (Lipinski definition) is 1. The molecule has 0 bridgehead atoms. The van der Waals surface area contributed by atoms with Crippen LogP contribution in [-0.2, 0) is 0 Å². The number of nitrogens with zero attached hydrogens (tertiary/aromatic N) is 1. The van der Waals surface area contributed by atoms with Crippen LogP contribution in [0.1, 0.15) is 51.8 Å². The summed E-state index contributed by atoms with van der Waals surface area (Å²) in [7, 11) is 1.50. The van der Waals surface area contributed by atoms with E-state index in [1.165, 1.54) is 7.11 Å². The van der Waals surface area contributed by atoms with Crippen LogP contribution in [0.3, 0.4) is 0 Å². The molecule has 0 aliphatic heterocycles. The number of aliphatic hydroxyl groups is 1. The largest absolute Gasteiger partial charge is 0.633 e. The molecule has 0 amide bonds. The van der Waals surface area contributed by atoms with Crippen molar-refractivity contribution in [1.29, 1.82) is 0 Å². The molecule has 0 heterocycles. The number of quaternary nitrogens is 1. The van der Waals surface area contributed by atoms with E-state index in [1.807, 2.05) is 0 Å². The zero-order valence-electron chi connectivity index (χ0n) is 18.3. The smallest absolute Gasteiger partial charge is 0.118 e. The van der Waals surface area contributed by atoms with Gasteiger partial charge in [0, 0.05) is 0 Å². The van der Waals surface area contributed by atoms with Crippen LogP contribution in [0.4, 0.5) is 0 Å². The fraction of sp³-hybridized carbons (Fsp3) is 0.647. The predicted octanol–water partition coefficient (Wildman–Crippen LogP) is 3.05. The van der Waals surface area contributed by atoms with Crippen molar-refractivity contribution in [3.63, 3.8) is 0 Å². The van der Waals surface area contributed by atoms with Crippen LogP contribution in [0, 0.1) is 5.21 Å². The van der Waals surface area contributed by atoms with Gasteiger partial charge in [-0.2, -0.15) is 0 Å². The molecule has 0 saturated heterocycles. The fourth-order valence-corrected chi connectivity index (χ4v) is 3.19. The lowest BCUT2D eigenvalue weighted by Gasteiger charge is -2.45. The van der Waals surface area contributed by atoms with Gasteiger partial charge in [0.15, 0.2) is 0 Å². The Kier molecular flexibility index (Phi) is 2.97. The molecule has 1 N–H and O–H groups in total. The first-order valence-electron chi connectivity index (χ1n) is 10.3. The zero-order chi connectivity index (χ0) is 20.5. The van der Waals surface area contributed by atoms with Crippen molar-refractivity contribution in [3.05, 3.63) is 35.0 Å². The van der Waals surface area contributed by atoms with Gasteiger partial charge in [0.2, 0.25) is 0 Å². The Hall–Kier alpha value is -1.10. The van der Waals surface area contributed by atoms with E-state index in [4.69, 9.17) is 13.0 Å². The summed E-state index contributed by atoms with van der Waals surface area (Å²) in [6.45, 7) is -7.34. The SMILES string of the molecule is [2H]C([2H])([2H])[N+]([O-])(CC(c1ccc(OC)cc1)C1(O)CCCCC1)C([2H])([2H])[2H]. The minimum absolute atomic E-state index is 0.395. The van der Waals surface area contributed by atoms with Crippen molar-refractivity contribution in [2.45, 2.75) is 43.6 Å². The van der Waals surface area contributed by atoms with Gasteiger partial charge in [-0.3, -0.25) is 0 Å². The maximum Gasteiger partial charge on any atom is 0.118 e. The first kappa shape index (κ1) is 9.82. The molecule has 4 heteroatoms. The summed E-state index contributed by atoms with van der Waals surface area (Å²) in [5.41, 5.74) is -0.788. The lowest BCUT2D eigenvalue weighted by Crippen LogP contribution is -2.47. The summed E-state index contributed by atoms with van der Waals surface area (Å²) < 4.78 is 48.2. The average molecular weight is 299 g/mol. The molecule has 0 radical (unpaired) electrons. The van der Waals surface area contributed by atoms with Gasteiger partial charge in [0.05, 0.1) is 47.3 Å². The third-order valence-electron chi connectivity index (χ3n) is 4.33. The summed E-state index contributed by atoms with van der Waals surface area (Å²) >= 11 is 0. The molecular weight excluding hydrogens is 266 g/mol. The molecule has 1 unspecified atom stereocenters. The molecule has 1 atom stereocenters. The summed E-state index contributed by atoms with van der Waals surface area (Å²) in [5.74, 6) is -0.343. The van der Waals surface area contributed by atoms with Gasteiger partial charge in [0.25, 0.3) is 0 Å². The zero-order valence-corrected chi connectivity index (χ0v) is 12.3. The molecule has 1 fully saturated rings. The van der Waals surface area contributed by atoms with Crippen LogP contribution >= 0.6 is 0 Å². The summed E-state index contributed by atoms with van der Waals surface area (Å²) in [6.07, 6.45) is 3.21. The third kappa shape index (κ3) is 4.19. The van der Waals surface area contributed by atoms with E-state index in [0.29, 0.717) is 24.2 Å². The number of hydroxylamine groups is 3. The number of rotatable bonds is 5. The van der Waals surface area contributed by atoms with Crippen molar-refractivity contribution in [2.24, 2.45) is 0 Å². The molecule has 1 aromatic carbocycles. The molecular formula is C17H27NO3. The number of benzene rings is 1. The highest BCUT2D eigenvalue weighted by molar-refractivity contribution is 5.31. The molecule has 21 heavy (non-hydrogen) atoms. The standard InChI is InChI=1S/C17H27NO3/c1-18(2,20)13-16(17(19)11-5-4-6-12-17)14-7-9-15(21-3)10-8-14/h7-10,16,19H,4-6,11-13H2,1-3H3/i1D3,2D3. The Morgan fingerprint density at radius 3 is 2.43 bits per heavy atom. The molecule has 0 aromatic heterocycles. The maximum absolute atomic E-state index is 13.1. The van der Waals surface area contributed by atoms with Gasteiger partial charge < -0.3 is 19.7 Å². The molecule has 1 saturated carbocycles. The van der Waals surface area contributed by atoms with E-state index in [9.17, 15) is 10.3 Å². The molecule has 118 valence electrons. The highest BCUT2D eigenvalue weighted by Crippen LogP contribution is 2.41. The van der Waals surface area contributed by atoms with Crippen molar-refractivity contribution < 1.29 is 22.7 Å². The Morgan fingerprint density at radius 1 is 1.29 bits per heavy atom. The molecule has 1 aliphatic carbocycles. The predicted molar refractivity (Wildman–Crippen MR) is 84.1 cm³/mol. The van der Waals surface area contributed by atoms with E-state index in [-0.39, 0.29) is 0 Å². The fourth-order valence-electron chi connectivity index (χ4n) is 3.19. The van der Waals surface area contributed by atoms with Crippen molar-refractivity contribution in [2.75, 3.05) is 27.6 Å². The van der Waals surface area contributed by atoms with Crippen LogP contribution in [0.5, 0.6) is 5.75 Å². The Labute approximate surface area is 135 Å². The molecule has 1 aliphatic rings. The quantitative estimate of drug-likeness (QED) is 0.671. The van der Waals surface area contributed by atoms with Crippen molar-refractivity contribution >= 4 is 0 Å². The number of likely N-dealkylation sites (N-methyl/N-ethyl adjacent to an activating group) is 1. The molecule has 0 spiro atoms. The van der Waals surface area contributed by atoms with Crippen LogP contribution < -0.4 is 4.74 Å². The van der Waals surface area contributed by atoms with Gasteiger partial charge in [0.1, 0.15) is 5.75 Å². The van der Waals surface area contributed by atoms with E-state index in [0.717, 1.165) is 19.3 Å². The minimum atomic E-state index is -3.29. The van der Waals surface area contributed by atoms with Gasteiger partial charge in [-0.15, -0.1) is 0 Å². The number of ether oxygens (including phenoxy) is 1. The lowest BCUT2D eigenvalue weighted by atomic mass is 9.72. The van der Waals surface area contributed by atoms with Gasteiger partial charge in [-0.05, 0) is 30.5 Å². The number of methoxy groups -OCH3 is 1. The van der Waals surface area contributed by atoms with Gasteiger partial charge >= 0.3 is 0 Å². The highest BCUT2D eigenvalue weighted by atomic mass is 16.5. The van der Waals surface area contributed by atoms with Crippen LogP contribution in [0.2, 0.25) is 0 Å². The van der Waals surface area contributed by atoms with Crippen LogP contribution in [-0.4, -0.2) is 43.0 Å². The van der Waals surface area contributed by atoms with E-state index in [2.05, 4.69) is 0 Å². The second-order valence-corrected chi connectivity index (χ2v) is 5.91. The second kappa shape index (κ2) is 6.34. The molecule has 1 aromatic rings. The Bertz CT molecular complexity index is 609. The average Bonchev–Trinajstić information content (AvgIpc) is 2.58. The van der Waals surface area contributed by atoms with Crippen molar-refractivity contribution in [3.8, 4) is 5.75 Å². The lowest BCUT2D eigenvalue weighted by molar-refractivity contribution is -0.842. The highest BCUT2D eigenvalue weighted by Gasteiger charge is 2.40. The van der Waals surface area contributed by atoms with Gasteiger partial charge in [-0.1, -0.05) is 31.4 Å². The normalized spacial score (nSPS) is 25.5. The van der Waals surface area contributed by atoms with Crippen LogP contribution in [0.25, 0.3) is 0 Å². The Morgan fingerprint density at radius 2 is 1.90 bits per heavy atom.